The Kier molecular flexibility index (Phi) is 8.32. The molecule has 1 aromatic carbocycles. The van der Waals surface area contributed by atoms with E-state index in [1.807, 2.05) is 0 Å². The van der Waals surface area contributed by atoms with Crippen LogP contribution in [0.4, 0.5) is 0 Å². The van der Waals surface area contributed by atoms with Gasteiger partial charge in [0.2, 0.25) is 15.9 Å². The zero-order chi connectivity index (χ0) is 20.7. The normalized spacial score (nSPS) is 19.9. The summed E-state index contributed by atoms with van der Waals surface area (Å²) >= 11 is 5.95. The maximum absolute atomic E-state index is 12.7. The number of sulfonamides is 1. The Morgan fingerprint density at radius 1 is 1.17 bits per heavy atom. The number of nitrogens with zero attached hydrogens (tertiary/aromatic N) is 2. The third kappa shape index (κ3) is 6.93. The van der Waals surface area contributed by atoms with Crippen LogP contribution in [0, 0.1) is 5.92 Å². The molecule has 0 saturated carbocycles. The molecule has 9 heteroatoms. The minimum Gasteiger partial charge on any atom is -0.379 e. The number of piperidine rings is 1. The Labute approximate surface area is 178 Å². The molecule has 2 aliphatic rings. The monoisotopic (exact) mass is 443 g/mol. The maximum Gasteiger partial charge on any atom is 0.223 e. The van der Waals surface area contributed by atoms with Gasteiger partial charge in [-0.15, -0.1) is 0 Å². The van der Waals surface area contributed by atoms with Crippen molar-refractivity contribution in [3.63, 3.8) is 0 Å². The molecule has 2 saturated heterocycles. The lowest BCUT2D eigenvalue weighted by Gasteiger charge is -2.30. The van der Waals surface area contributed by atoms with Gasteiger partial charge >= 0.3 is 0 Å². The highest BCUT2D eigenvalue weighted by Gasteiger charge is 2.31. The molecule has 0 bridgehead atoms. The first-order valence-electron chi connectivity index (χ1n) is 10.2. The molecule has 0 aromatic heterocycles. The summed E-state index contributed by atoms with van der Waals surface area (Å²) in [5, 5.41) is 3.54. The Bertz CT molecular complexity index is 776. The first kappa shape index (κ1) is 22.5. The Morgan fingerprint density at radius 3 is 2.59 bits per heavy atom. The van der Waals surface area contributed by atoms with Gasteiger partial charge in [-0.3, -0.25) is 9.69 Å². The van der Waals surface area contributed by atoms with Crippen LogP contribution in [0.25, 0.3) is 0 Å². The predicted molar refractivity (Wildman–Crippen MR) is 113 cm³/mol. The minimum atomic E-state index is -3.41. The van der Waals surface area contributed by atoms with Gasteiger partial charge in [-0.25, -0.2) is 12.7 Å². The van der Waals surface area contributed by atoms with Gasteiger partial charge in [0.25, 0.3) is 0 Å². The summed E-state index contributed by atoms with van der Waals surface area (Å²) in [5.74, 6) is -0.138. The summed E-state index contributed by atoms with van der Waals surface area (Å²) in [5.41, 5.74) is 0.678. The van der Waals surface area contributed by atoms with E-state index in [1.165, 1.54) is 4.31 Å². The van der Waals surface area contributed by atoms with Crippen molar-refractivity contribution in [2.24, 2.45) is 5.92 Å². The minimum absolute atomic E-state index is 0.0406. The Balaban J connectivity index is 1.38. The van der Waals surface area contributed by atoms with Crippen LogP contribution in [-0.4, -0.2) is 76.0 Å². The largest absolute Gasteiger partial charge is 0.379 e. The van der Waals surface area contributed by atoms with Crippen LogP contribution in [0.15, 0.2) is 24.3 Å². The molecule has 0 spiro atoms. The first-order chi connectivity index (χ1) is 13.9. The summed E-state index contributed by atoms with van der Waals surface area (Å²) in [6.07, 6.45) is 2.03. The van der Waals surface area contributed by atoms with E-state index in [4.69, 9.17) is 16.3 Å². The highest BCUT2D eigenvalue weighted by molar-refractivity contribution is 7.88. The molecule has 2 fully saturated rings. The summed E-state index contributed by atoms with van der Waals surface area (Å²) < 4.78 is 32.2. The van der Waals surface area contributed by atoms with E-state index in [0.29, 0.717) is 43.1 Å². The number of hydrogen-bond donors (Lipinski definition) is 1. The highest BCUT2D eigenvalue weighted by atomic mass is 35.5. The molecule has 0 radical (unpaired) electrons. The fourth-order valence-corrected chi connectivity index (χ4v) is 5.57. The van der Waals surface area contributed by atoms with Gasteiger partial charge in [0.15, 0.2) is 0 Å². The van der Waals surface area contributed by atoms with E-state index < -0.39 is 10.0 Å². The van der Waals surface area contributed by atoms with Gasteiger partial charge in [0.05, 0.1) is 19.0 Å². The standard InChI is InChI=1S/C20H30ClN3O4S/c21-19-4-1-3-17(15-19)16-29(26,27)24-9-5-18(6-10-24)20(25)22-7-2-8-23-11-13-28-14-12-23/h1,3-4,15,18H,2,5-14,16H2,(H,22,25). The molecule has 0 aliphatic carbocycles. The number of benzene rings is 1. The SMILES string of the molecule is O=C(NCCCN1CCOCC1)C1CCN(S(=O)(=O)Cc2cccc(Cl)c2)CC1. The second kappa shape index (κ2) is 10.7. The van der Waals surface area contributed by atoms with E-state index in [2.05, 4.69) is 10.2 Å². The smallest absolute Gasteiger partial charge is 0.223 e. The van der Waals surface area contributed by atoms with Gasteiger partial charge in [-0.1, -0.05) is 23.7 Å². The molecular formula is C20H30ClN3O4S. The lowest BCUT2D eigenvalue weighted by molar-refractivity contribution is -0.126. The zero-order valence-electron chi connectivity index (χ0n) is 16.7. The van der Waals surface area contributed by atoms with E-state index in [9.17, 15) is 13.2 Å². The van der Waals surface area contributed by atoms with E-state index in [1.54, 1.807) is 24.3 Å². The van der Waals surface area contributed by atoms with Gasteiger partial charge in [-0.05, 0) is 43.5 Å². The topological polar surface area (TPSA) is 79.0 Å². The highest BCUT2D eigenvalue weighted by Crippen LogP contribution is 2.22. The van der Waals surface area contributed by atoms with Crippen LogP contribution < -0.4 is 5.32 Å². The van der Waals surface area contributed by atoms with Crippen molar-refractivity contribution >= 4 is 27.5 Å². The number of amides is 1. The second-order valence-corrected chi connectivity index (χ2v) is 10.1. The van der Waals surface area contributed by atoms with E-state index in [0.717, 1.165) is 39.3 Å². The predicted octanol–water partition coefficient (Wildman–Crippen LogP) is 1.72. The summed E-state index contributed by atoms with van der Waals surface area (Å²) in [4.78, 5) is 14.8. The van der Waals surface area contributed by atoms with Crippen molar-refractivity contribution in [3.8, 4) is 0 Å². The fourth-order valence-electron chi connectivity index (χ4n) is 3.81. The summed E-state index contributed by atoms with van der Waals surface area (Å²) in [6.45, 7) is 5.86. The zero-order valence-corrected chi connectivity index (χ0v) is 18.3. The molecule has 2 heterocycles. The Hall–Kier alpha value is -1.19. The average molecular weight is 444 g/mol. The molecule has 1 N–H and O–H groups in total. The third-order valence-electron chi connectivity index (χ3n) is 5.51. The van der Waals surface area contributed by atoms with E-state index in [-0.39, 0.29) is 17.6 Å². The maximum atomic E-state index is 12.7. The van der Waals surface area contributed by atoms with Gasteiger partial charge in [-0.2, -0.15) is 0 Å². The van der Waals surface area contributed by atoms with Crippen LogP contribution in [0.5, 0.6) is 0 Å². The van der Waals surface area contributed by atoms with Crippen molar-refractivity contribution in [2.75, 3.05) is 52.5 Å². The van der Waals surface area contributed by atoms with Gasteiger partial charge in [0.1, 0.15) is 0 Å². The molecule has 0 atom stereocenters. The van der Waals surface area contributed by atoms with Crippen LogP contribution in [0.2, 0.25) is 5.02 Å². The number of halogens is 1. The molecule has 1 aromatic rings. The lowest BCUT2D eigenvalue weighted by Crippen LogP contribution is -2.44. The number of hydrogen-bond acceptors (Lipinski definition) is 5. The van der Waals surface area contributed by atoms with Crippen molar-refractivity contribution in [1.29, 1.82) is 0 Å². The number of carbonyl (C=O) groups is 1. The first-order valence-corrected chi connectivity index (χ1v) is 12.2. The molecule has 7 nitrogen and oxygen atoms in total. The molecule has 29 heavy (non-hydrogen) atoms. The Morgan fingerprint density at radius 2 is 1.90 bits per heavy atom. The van der Waals surface area contributed by atoms with Crippen LogP contribution in [-0.2, 0) is 25.3 Å². The van der Waals surface area contributed by atoms with Crippen LogP contribution >= 0.6 is 11.6 Å². The lowest BCUT2D eigenvalue weighted by atomic mass is 9.97. The van der Waals surface area contributed by atoms with Crippen LogP contribution in [0.3, 0.4) is 0 Å². The number of rotatable bonds is 8. The van der Waals surface area contributed by atoms with Gasteiger partial charge in [0, 0.05) is 43.7 Å². The van der Waals surface area contributed by atoms with Crippen molar-refractivity contribution in [1.82, 2.24) is 14.5 Å². The molecule has 3 rings (SSSR count). The number of morpholine rings is 1. The van der Waals surface area contributed by atoms with E-state index >= 15 is 0 Å². The molecule has 2 aliphatic heterocycles. The summed E-state index contributed by atoms with van der Waals surface area (Å²) in [7, 11) is -3.41. The molecule has 162 valence electrons. The van der Waals surface area contributed by atoms with Gasteiger partial charge < -0.3 is 10.1 Å². The summed E-state index contributed by atoms with van der Waals surface area (Å²) in [6, 6.07) is 6.92. The quantitative estimate of drug-likeness (QED) is 0.619. The number of ether oxygens (including phenoxy) is 1. The number of nitrogens with one attached hydrogen (secondary N) is 1. The van der Waals surface area contributed by atoms with Crippen molar-refractivity contribution in [2.45, 2.75) is 25.0 Å². The molecule has 1 amide bonds. The average Bonchev–Trinajstić information content (AvgIpc) is 2.71. The van der Waals surface area contributed by atoms with Crippen LogP contribution in [0.1, 0.15) is 24.8 Å². The molecular weight excluding hydrogens is 414 g/mol. The number of carbonyl (C=O) groups excluding carboxylic acids is 1. The third-order valence-corrected chi connectivity index (χ3v) is 7.60. The molecule has 0 unspecified atom stereocenters. The fraction of sp³-hybridized carbons (Fsp3) is 0.650. The second-order valence-electron chi connectivity index (χ2n) is 7.66. The van der Waals surface area contributed by atoms with Crippen molar-refractivity contribution < 1.29 is 17.9 Å². The van der Waals surface area contributed by atoms with Crippen molar-refractivity contribution in [3.05, 3.63) is 34.9 Å².